The van der Waals surface area contributed by atoms with E-state index in [1.807, 2.05) is 30.3 Å². The van der Waals surface area contributed by atoms with E-state index in [2.05, 4.69) is 5.32 Å². The van der Waals surface area contributed by atoms with Gasteiger partial charge in [0.25, 0.3) is 5.91 Å². The predicted molar refractivity (Wildman–Crippen MR) is 99.3 cm³/mol. The van der Waals surface area contributed by atoms with Crippen LogP contribution in [-0.2, 0) is 14.3 Å². The molecule has 3 unspecified atom stereocenters. The van der Waals surface area contributed by atoms with E-state index >= 15 is 0 Å². The van der Waals surface area contributed by atoms with Gasteiger partial charge in [0, 0.05) is 12.0 Å². The zero-order valence-corrected chi connectivity index (χ0v) is 15.4. The van der Waals surface area contributed by atoms with Gasteiger partial charge in [0.05, 0.1) is 12.6 Å². The number of amides is 1. The number of fused-ring (bicyclic) bond motifs is 2. The van der Waals surface area contributed by atoms with Crippen LogP contribution in [-0.4, -0.2) is 37.3 Å². The molecule has 2 aromatic rings. The second-order valence-electron chi connectivity index (χ2n) is 6.71. The van der Waals surface area contributed by atoms with Crippen molar-refractivity contribution in [1.82, 2.24) is 5.32 Å². The Morgan fingerprint density at radius 2 is 1.71 bits per heavy atom. The number of ether oxygens (including phenoxy) is 4. The molecule has 0 bridgehead atoms. The molecule has 7 nitrogen and oxygen atoms in total. The summed E-state index contributed by atoms with van der Waals surface area (Å²) >= 11 is 0. The number of carbonyl (C=O) groups excluding carboxylic acids is 2. The first-order valence-corrected chi connectivity index (χ1v) is 9.22. The Morgan fingerprint density at radius 3 is 2.50 bits per heavy atom. The average molecular weight is 383 g/mol. The molecule has 0 saturated carbocycles. The summed E-state index contributed by atoms with van der Waals surface area (Å²) in [6.07, 6.45) is -0.788. The number of hydrogen-bond donors (Lipinski definition) is 1. The summed E-state index contributed by atoms with van der Waals surface area (Å²) in [5.74, 6) is 0.807. The van der Waals surface area contributed by atoms with Gasteiger partial charge >= 0.3 is 5.97 Å². The highest BCUT2D eigenvalue weighted by molar-refractivity contribution is 5.83. The summed E-state index contributed by atoms with van der Waals surface area (Å²) < 4.78 is 22.1. The van der Waals surface area contributed by atoms with Gasteiger partial charge < -0.3 is 24.3 Å². The zero-order valence-electron chi connectivity index (χ0n) is 15.4. The maximum atomic E-state index is 12.4. The Morgan fingerprint density at radius 1 is 1.04 bits per heavy atom. The van der Waals surface area contributed by atoms with Crippen LogP contribution in [0.5, 0.6) is 17.2 Å². The maximum absolute atomic E-state index is 12.4. The van der Waals surface area contributed by atoms with Crippen LogP contribution >= 0.6 is 0 Å². The van der Waals surface area contributed by atoms with Crippen LogP contribution in [0.15, 0.2) is 48.5 Å². The van der Waals surface area contributed by atoms with E-state index in [0.717, 1.165) is 11.3 Å². The number of para-hydroxylation sites is 3. The lowest BCUT2D eigenvalue weighted by molar-refractivity contribution is -0.160. The van der Waals surface area contributed by atoms with Gasteiger partial charge in [-0.25, -0.2) is 4.79 Å². The molecule has 0 saturated heterocycles. The smallest absolute Gasteiger partial charge is 0.351 e. The lowest BCUT2D eigenvalue weighted by Crippen LogP contribution is -2.45. The van der Waals surface area contributed by atoms with E-state index in [1.54, 1.807) is 25.1 Å². The largest absolute Gasteiger partial charge is 0.493 e. The van der Waals surface area contributed by atoms with Gasteiger partial charge in [-0.05, 0) is 25.1 Å². The first-order valence-electron chi connectivity index (χ1n) is 9.22. The molecule has 2 aliphatic rings. The third-order valence-corrected chi connectivity index (χ3v) is 4.71. The average Bonchev–Trinajstić information content (AvgIpc) is 2.72. The molecule has 7 heteroatoms. The minimum absolute atomic E-state index is 0.170. The highest BCUT2D eigenvalue weighted by Crippen LogP contribution is 2.34. The summed E-state index contributed by atoms with van der Waals surface area (Å²) in [4.78, 5) is 24.7. The number of hydrogen-bond acceptors (Lipinski definition) is 6. The van der Waals surface area contributed by atoms with E-state index in [0.29, 0.717) is 24.5 Å². The summed E-state index contributed by atoms with van der Waals surface area (Å²) in [7, 11) is 0. The molecule has 0 fully saturated rings. The van der Waals surface area contributed by atoms with Gasteiger partial charge in [-0.3, -0.25) is 4.79 Å². The highest BCUT2D eigenvalue weighted by atomic mass is 16.6. The third kappa shape index (κ3) is 3.74. The molecule has 3 atom stereocenters. The van der Waals surface area contributed by atoms with E-state index in [1.165, 1.54) is 0 Å². The van der Waals surface area contributed by atoms with Gasteiger partial charge in [0.15, 0.2) is 18.1 Å². The fourth-order valence-corrected chi connectivity index (χ4v) is 3.33. The molecular weight excluding hydrogens is 362 g/mol. The number of rotatable bonds is 4. The zero-order chi connectivity index (χ0) is 19.5. The molecular formula is C21H21NO6. The Balaban J connectivity index is 1.32. The van der Waals surface area contributed by atoms with Crippen LogP contribution in [0.3, 0.4) is 0 Å². The number of nitrogens with one attached hydrogen (secondary N) is 1. The van der Waals surface area contributed by atoms with Crippen molar-refractivity contribution >= 4 is 11.9 Å². The molecule has 146 valence electrons. The predicted octanol–water partition coefficient (Wildman–Crippen LogP) is 2.40. The van der Waals surface area contributed by atoms with Crippen molar-refractivity contribution < 1.29 is 28.5 Å². The van der Waals surface area contributed by atoms with Crippen LogP contribution in [0.1, 0.15) is 24.9 Å². The lowest BCUT2D eigenvalue weighted by Gasteiger charge is -2.30. The molecule has 0 aliphatic carbocycles. The molecule has 28 heavy (non-hydrogen) atoms. The van der Waals surface area contributed by atoms with Crippen molar-refractivity contribution in [3.8, 4) is 17.2 Å². The molecule has 1 amide bonds. The van der Waals surface area contributed by atoms with Gasteiger partial charge in [-0.2, -0.15) is 0 Å². The molecule has 2 aromatic carbocycles. The van der Waals surface area contributed by atoms with Gasteiger partial charge in [-0.15, -0.1) is 0 Å². The van der Waals surface area contributed by atoms with Crippen molar-refractivity contribution in [2.75, 3.05) is 13.2 Å². The SMILES string of the molecule is CC1Oc2ccccc2OC1C(=O)OCC(=O)NC1CCOc2ccccc21. The number of benzene rings is 2. The fourth-order valence-electron chi connectivity index (χ4n) is 3.33. The minimum Gasteiger partial charge on any atom is -0.493 e. The first kappa shape index (κ1) is 18.2. The quantitative estimate of drug-likeness (QED) is 0.817. The highest BCUT2D eigenvalue weighted by Gasteiger charge is 2.35. The van der Waals surface area contributed by atoms with E-state index < -0.39 is 18.2 Å². The second kappa shape index (κ2) is 7.80. The number of esters is 1. The van der Waals surface area contributed by atoms with Crippen LogP contribution in [0, 0.1) is 0 Å². The number of carbonyl (C=O) groups is 2. The molecule has 2 heterocycles. The standard InChI is InChI=1S/C21H21NO6/c1-13-20(28-18-9-5-4-8-17(18)27-13)21(24)26-12-19(23)22-15-10-11-25-16-7-3-2-6-14(15)16/h2-9,13,15,20H,10-12H2,1H3,(H,22,23). The minimum atomic E-state index is -0.925. The van der Waals surface area contributed by atoms with Crippen molar-refractivity contribution in [3.63, 3.8) is 0 Å². The van der Waals surface area contributed by atoms with Crippen molar-refractivity contribution in [3.05, 3.63) is 54.1 Å². The van der Waals surface area contributed by atoms with Crippen LogP contribution in [0.4, 0.5) is 0 Å². The van der Waals surface area contributed by atoms with E-state index in [4.69, 9.17) is 18.9 Å². The molecule has 0 spiro atoms. The summed E-state index contributed by atoms with van der Waals surface area (Å²) in [6, 6.07) is 14.5. The first-order chi connectivity index (χ1) is 13.6. The third-order valence-electron chi connectivity index (χ3n) is 4.71. The monoisotopic (exact) mass is 383 g/mol. The Kier molecular flexibility index (Phi) is 5.06. The van der Waals surface area contributed by atoms with Crippen molar-refractivity contribution in [2.45, 2.75) is 31.6 Å². The van der Waals surface area contributed by atoms with Gasteiger partial charge in [0.1, 0.15) is 11.9 Å². The Hall–Kier alpha value is -3.22. The fraction of sp³-hybridized carbons (Fsp3) is 0.333. The normalized spacial score (nSPS) is 22.4. The summed E-state index contributed by atoms with van der Waals surface area (Å²) in [5.41, 5.74) is 0.919. The molecule has 4 rings (SSSR count). The Bertz CT molecular complexity index is 883. The molecule has 1 N–H and O–H groups in total. The molecule has 0 radical (unpaired) electrons. The molecule has 0 aromatic heterocycles. The van der Waals surface area contributed by atoms with Crippen molar-refractivity contribution in [2.24, 2.45) is 0 Å². The molecule has 2 aliphatic heterocycles. The maximum Gasteiger partial charge on any atom is 0.351 e. The summed E-state index contributed by atoms with van der Waals surface area (Å²) in [6.45, 7) is 1.86. The van der Waals surface area contributed by atoms with E-state index in [9.17, 15) is 9.59 Å². The van der Waals surface area contributed by atoms with Gasteiger partial charge in [0.2, 0.25) is 6.10 Å². The van der Waals surface area contributed by atoms with E-state index in [-0.39, 0.29) is 18.6 Å². The van der Waals surface area contributed by atoms with Crippen LogP contribution in [0.2, 0.25) is 0 Å². The van der Waals surface area contributed by atoms with Crippen molar-refractivity contribution in [1.29, 1.82) is 0 Å². The van der Waals surface area contributed by atoms with Crippen LogP contribution in [0.25, 0.3) is 0 Å². The van der Waals surface area contributed by atoms with Gasteiger partial charge in [-0.1, -0.05) is 30.3 Å². The Labute approximate surface area is 162 Å². The lowest BCUT2D eigenvalue weighted by atomic mass is 10.0. The van der Waals surface area contributed by atoms with Crippen LogP contribution < -0.4 is 19.5 Å². The topological polar surface area (TPSA) is 83.1 Å². The second-order valence-corrected chi connectivity index (χ2v) is 6.71. The summed E-state index contributed by atoms with van der Waals surface area (Å²) in [5, 5.41) is 2.89.